The van der Waals surface area contributed by atoms with E-state index in [0.29, 0.717) is 16.6 Å². The van der Waals surface area contributed by atoms with Crippen molar-refractivity contribution in [3.8, 4) is 11.1 Å². The van der Waals surface area contributed by atoms with E-state index >= 15 is 0 Å². The van der Waals surface area contributed by atoms with Crippen molar-refractivity contribution in [3.63, 3.8) is 0 Å². The van der Waals surface area contributed by atoms with Crippen molar-refractivity contribution in [2.24, 2.45) is 0 Å². The fraction of sp³-hybridized carbons (Fsp3) is 0.312. The maximum Gasteiger partial charge on any atom is 0.492 e. The Balaban J connectivity index is 1.34. The summed E-state index contributed by atoms with van der Waals surface area (Å²) < 4.78 is 32.1. The van der Waals surface area contributed by atoms with Gasteiger partial charge in [0.1, 0.15) is 12.4 Å². The molecule has 1 aliphatic carbocycles. The van der Waals surface area contributed by atoms with Crippen molar-refractivity contribution >= 4 is 25.3 Å². The first kappa shape index (κ1) is 28.6. The van der Waals surface area contributed by atoms with Gasteiger partial charge in [-0.1, -0.05) is 60.7 Å². The molecule has 2 N–H and O–H groups in total. The standard InChI is InChI=1S/C32H33BFNO6/c1-31(2)32(3,4)41-33(40-31)22(15-20-13-14-23(34)16-21(20)17-29(36)37)18-35-30(38)39-19-28-26-11-7-5-9-24(26)25-10-6-8-12-27(25)28/h5-16,28H,17-19H2,1-4H3,(H,35,38)(H,36,37). The Morgan fingerprint density at radius 3 is 2.15 bits per heavy atom. The molecule has 1 aliphatic heterocycles. The predicted octanol–water partition coefficient (Wildman–Crippen LogP) is 6.01. The number of alkyl carbamates (subject to hydrolysis) is 1. The van der Waals surface area contributed by atoms with E-state index in [1.165, 1.54) is 18.2 Å². The minimum Gasteiger partial charge on any atom is -0.481 e. The van der Waals surface area contributed by atoms with Crippen LogP contribution in [0.15, 0.2) is 72.2 Å². The first-order valence-electron chi connectivity index (χ1n) is 13.6. The smallest absolute Gasteiger partial charge is 0.481 e. The van der Waals surface area contributed by atoms with Crippen LogP contribution in [-0.2, 0) is 25.3 Å². The first-order chi connectivity index (χ1) is 19.4. The number of halogens is 1. The summed E-state index contributed by atoms with van der Waals surface area (Å²) in [5.41, 5.74) is 4.54. The second-order valence-corrected chi connectivity index (χ2v) is 11.4. The molecule has 212 valence electrons. The molecule has 7 nitrogen and oxygen atoms in total. The third-order valence-corrected chi connectivity index (χ3v) is 8.12. The van der Waals surface area contributed by atoms with E-state index in [0.717, 1.165) is 22.3 Å². The van der Waals surface area contributed by atoms with Crippen LogP contribution in [0.5, 0.6) is 0 Å². The van der Waals surface area contributed by atoms with Crippen LogP contribution >= 0.6 is 0 Å². The average Bonchev–Trinajstić information content (AvgIpc) is 3.35. The van der Waals surface area contributed by atoms with Gasteiger partial charge in [0.25, 0.3) is 0 Å². The number of fused-ring (bicyclic) bond motifs is 3. The van der Waals surface area contributed by atoms with Crippen LogP contribution < -0.4 is 5.32 Å². The van der Waals surface area contributed by atoms with Gasteiger partial charge in [0, 0.05) is 12.5 Å². The molecule has 0 bridgehead atoms. The molecule has 0 aromatic heterocycles. The number of rotatable bonds is 8. The molecular weight excluding hydrogens is 524 g/mol. The summed E-state index contributed by atoms with van der Waals surface area (Å²) in [4.78, 5) is 24.4. The number of ether oxygens (including phenoxy) is 1. The molecule has 0 radical (unpaired) electrons. The lowest BCUT2D eigenvalue weighted by Gasteiger charge is -2.32. The highest BCUT2D eigenvalue weighted by atomic mass is 19.1. The minimum atomic E-state index is -1.08. The number of carboxylic acid groups (broad SMARTS) is 1. The molecule has 2 aliphatic rings. The lowest BCUT2D eigenvalue weighted by Crippen LogP contribution is -2.41. The van der Waals surface area contributed by atoms with Gasteiger partial charge < -0.3 is 24.5 Å². The van der Waals surface area contributed by atoms with Crippen molar-refractivity contribution in [2.75, 3.05) is 13.2 Å². The molecule has 3 aromatic carbocycles. The summed E-state index contributed by atoms with van der Waals surface area (Å²) in [5, 5.41) is 12.1. The molecule has 0 atom stereocenters. The molecule has 1 amide bonds. The number of carbonyl (C=O) groups is 2. The van der Waals surface area contributed by atoms with Gasteiger partial charge >= 0.3 is 19.2 Å². The van der Waals surface area contributed by atoms with Crippen LogP contribution in [0.25, 0.3) is 17.2 Å². The molecule has 5 rings (SSSR count). The van der Waals surface area contributed by atoms with Crippen LogP contribution in [0.4, 0.5) is 9.18 Å². The molecule has 9 heteroatoms. The van der Waals surface area contributed by atoms with E-state index in [-0.39, 0.29) is 25.5 Å². The first-order valence-corrected chi connectivity index (χ1v) is 13.6. The summed E-state index contributed by atoms with van der Waals surface area (Å²) in [7, 11) is -0.823. The molecule has 1 heterocycles. The zero-order valence-electron chi connectivity index (χ0n) is 23.6. The van der Waals surface area contributed by atoms with Crippen LogP contribution in [0.3, 0.4) is 0 Å². The normalized spacial score (nSPS) is 17.2. The maximum absolute atomic E-state index is 14.0. The number of benzene rings is 3. The van der Waals surface area contributed by atoms with Crippen LogP contribution in [0, 0.1) is 5.82 Å². The Hall–Kier alpha value is -3.95. The van der Waals surface area contributed by atoms with Crippen LogP contribution in [0.2, 0.25) is 0 Å². The van der Waals surface area contributed by atoms with Crippen molar-refractivity contribution < 1.29 is 33.1 Å². The third kappa shape index (κ3) is 5.92. The minimum absolute atomic E-state index is 0.0113. The van der Waals surface area contributed by atoms with E-state index in [1.807, 2.05) is 52.0 Å². The summed E-state index contributed by atoms with van der Waals surface area (Å²) in [6.07, 6.45) is 0.711. The summed E-state index contributed by atoms with van der Waals surface area (Å²) in [6, 6.07) is 20.2. The van der Waals surface area contributed by atoms with Gasteiger partial charge in [0.05, 0.1) is 17.6 Å². The largest absolute Gasteiger partial charge is 0.492 e. The molecule has 0 saturated carbocycles. The molecular formula is C32H33BFNO6. The lowest BCUT2D eigenvalue weighted by atomic mass is 9.76. The second-order valence-electron chi connectivity index (χ2n) is 11.4. The van der Waals surface area contributed by atoms with Gasteiger partial charge in [-0.2, -0.15) is 0 Å². The fourth-order valence-electron chi connectivity index (χ4n) is 5.25. The van der Waals surface area contributed by atoms with Gasteiger partial charge in [-0.15, -0.1) is 0 Å². The van der Waals surface area contributed by atoms with E-state index in [2.05, 4.69) is 29.6 Å². The number of carboxylic acids is 1. The monoisotopic (exact) mass is 557 g/mol. The fourth-order valence-corrected chi connectivity index (χ4v) is 5.25. The highest BCUT2D eigenvalue weighted by Gasteiger charge is 2.52. The Morgan fingerprint density at radius 1 is 0.976 bits per heavy atom. The van der Waals surface area contributed by atoms with Crippen LogP contribution in [-0.4, -0.2) is 48.6 Å². The number of carbonyl (C=O) groups excluding carboxylic acids is 1. The number of hydrogen-bond donors (Lipinski definition) is 2. The van der Waals surface area contributed by atoms with Crippen molar-refractivity contribution in [1.82, 2.24) is 5.32 Å². The van der Waals surface area contributed by atoms with Crippen molar-refractivity contribution in [2.45, 2.75) is 51.2 Å². The predicted molar refractivity (Wildman–Crippen MR) is 155 cm³/mol. The number of nitrogens with one attached hydrogen (secondary N) is 1. The SMILES string of the molecule is CC1(C)OB(C(=Cc2ccc(F)cc2CC(=O)O)CNC(=O)OCC2c3ccccc3-c3ccccc32)OC1(C)C. The molecule has 0 unspecified atom stereocenters. The molecule has 3 aromatic rings. The van der Waals surface area contributed by atoms with Crippen molar-refractivity contribution in [3.05, 3.63) is 100 Å². The lowest BCUT2D eigenvalue weighted by molar-refractivity contribution is -0.136. The quantitative estimate of drug-likeness (QED) is 0.330. The Morgan fingerprint density at radius 2 is 1.56 bits per heavy atom. The van der Waals surface area contributed by atoms with Gasteiger partial charge in [-0.25, -0.2) is 9.18 Å². The van der Waals surface area contributed by atoms with Gasteiger partial charge in [-0.05, 0) is 78.7 Å². The average molecular weight is 557 g/mol. The van der Waals surface area contributed by atoms with Gasteiger partial charge in [0.15, 0.2) is 0 Å². The number of aliphatic carboxylic acids is 1. The zero-order valence-corrected chi connectivity index (χ0v) is 23.6. The second kappa shape index (κ2) is 11.1. The summed E-state index contributed by atoms with van der Waals surface area (Å²) >= 11 is 0. The van der Waals surface area contributed by atoms with E-state index in [9.17, 15) is 19.1 Å². The Labute approximate surface area is 239 Å². The van der Waals surface area contributed by atoms with E-state index < -0.39 is 36.2 Å². The maximum atomic E-state index is 14.0. The summed E-state index contributed by atoms with van der Waals surface area (Å²) in [5.74, 6) is -1.70. The Bertz CT molecular complexity index is 1460. The zero-order chi connectivity index (χ0) is 29.4. The van der Waals surface area contributed by atoms with Gasteiger partial charge in [0.2, 0.25) is 0 Å². The van der Waals surface area contributed by atoms with Crippen LogP contribution in [0.1, 0.15) is 55.9 Å². The third-order valence-electron chi connectivity index (χ3n) is 8.12. The van der Waals surface area contributed by atoms with E-state index in [4.69, 9.17) is 14.0 Å². The Kier molecular flexibility index (Phi) is 7.77. The topological polar surface area (TPSA) is 94.1 Å². The van der Waals surface area contributed by atoms with Gasteiger partial charge in [-0.3, -0.25) is 4.79 Å². The molecule has 41 heavy (non-hydrogen) atoms. The number of amides is 1. The van der Waals surface area contributed by atoms with Crippen molar-refractivity contribution in [1.29, 1.82) is 0 Å². The number of hydrogen-bond acceptors (Lipinski definition) is 5. The molecule has 0 spiro atoms. The summed E-state index contributed by atoms with van der Waals surface area (Å²) in [6.45, 7) is 7.83. The highest BCUT2D eigenvalue weighted by molar-refractivity contribution is 6.56. The van der Waals surface area contributed by atoms with E-state index in [1.54, 1.807) is 6.08 Å². The molecule has 1 fully saturated rings. The molecule has 1 saturated heterocycles. The highest BCUT2D eigenvalue weighted by Crippen LogP contribution is 2.44.